The van der Waals surface area contributed by atoms with Crippen molar-refractivity contribution >= 4 is 5.91 Å². The molecule has 0 aromatic heterocycles. The lowest BCUT2D eigenvalue weighted by Crippen LogP contribution is -2.45. The van der Waals surface area contributed by atoms with E-state index in [1.165, 1.54) is 6.42 Å². The molecule has 1 aliphatic carbocycles. The fourth-order valence-corrected chi connectivity index (χ4v) is 2.68. The summed E-state index contributed by atoms with van der Waals surface area (Å²) in [5.41, 5.74) is 5.77. The van der Waals surface area contributed by atoms with E-state index in [1.54, 1.807) is 7.11 Å². The smallest absolute Gasteiger partial charge is 0.248 e. The maximum atomic E-state index is 12.1. The van der Waals surface area contributed by atoms with Crippen molar-refractivity contribution in [3.8, 4) is 0 Å². The summed E-state index contributed by atoms with van der Waals surface area (Å²) in [5, 5.41) is 0. The van der Waals surface area contributed by atoms with Crippen molar-refractivity contribution in [1.82, 2.24) is 4.90 Å². The minimum atomic E-state index is 0.0685. The number of amides is 1. The average molecular weight is 258 g/mol. The number of hydrogen-bond acceptors (Lipinski definition) is 4. The Morgan fingerprint density at radius 1 is 1.39 bits per heavy atom. The normalized spacial score (nSPS) is 23.3. The Kier molecular flexibility index (Phi) is 7.23. The predicted octanol–water partition coefficient (Wildman–Crippen LogP) is 0.625. The van der Waals surface area contributed by atoms with Crippen LogP contribution < -0.4 is 5.73 Å². The van der Waals surface area contributed by atoms with Crippen LogP contribution in [0.2, 0.25) is 0 Å². The fourth-order valence-electron chi connectivity index (χ4n) is 2.68. The van der Waals surface area contributed by atoms with Gasteiger partial charge in [0.2, 0.25) is 5.91 Å². The summed E-state index contributed by atoms with van der Waals surface area (Å²) in [6.07, 6.45) is 3.37. The fraction of sp³-hybridized carbons (Fsp3) is 0.923. The minimum Gasteiger partial charge on any atom is -0.382 e. The molecule has 5 nitrogen and oxygen atoms in total. The zero-order valence-electron chi connectivity index (χ0n) is 11.6. The quantitative estimate of drug-likeness (QED) is 0.648. The van der Waals surface area contributed by atoms with E-state index in [-0.39, 0.29) is 12.5 Å². The highest BCUT2D eigenvalue weighted by Gasteiger charge is 2.32. The van der Waals surface area contributed by atoms with Crippen LogP contribution in [0.15, 0.2) is 0 Å². The molecular weight excluding hydrogens is 232 g/mol. The Bertz CT molecular complexity index is 248. The molecule has 0 radical (unpaired) electrons. The average Bonchev–Trinajstić information content (AvgIpc) is 2.84. The number of likely N-dealkylation sites (N-methyl/N-ethyl adjacent to an activating group) is 1. The molecule has 1 rings (SSSR count). The molecule has 0 aromatic rings. The van der Waals surface area contributed by atoms with E-state index in [4.69, 9.17) is 15.2 Å². The second-order valence-corrected chi connectivity index (χ2v) is 4.72. The van der Waals surface area contributed by atoms with Crippen molar-refractivity contribution in [2.24, 2.45) is 11.7 Å². The summed E-state index contributed by atoms with van der Waals surface area (Å²) in [5.74, 6) is 0.520. The van der Waals surface area contributed by atoms with Gasteiger partial charge in [0.05, 0.1) is 13.2 Å². The SMILES string of the molecule is CCN(C(=O)COCCOC)C1CCCC1CN. The summed E-state index contributed by atoms with van der Waals surface area (Å²) >= 11 is 0. The van der Waals surface area contributed by atoms with Crippen LogP contribution in [0, 0.1) is 5.92 Å². The van der Waals surface area contributed by atoms with Gasteiger partial charge in [0.15, 0.2) is 0 Å². The summed E-state index contributed by atoms with van der Waals surface area (Å²) in [6.45, 7) is 4.54. The maximum Gasteiger partial charge on any atom is 0.248 e. The summed E-state index contributed by atoms with van der Waals surface area (Å²) in [6, 6.07) is 0.304. The van der Waals surface area contributed by atoms with Crippen LogP contribution in [-0.2, 0) is 14.3 Å². The molecule has 0 saturated heterocycles. The molecule has 0 bridgehead atoms. The minimum absolute atomic E-state index is 0.0685. The monoisotopic (exact) mass is 258 g/mol. The van der Waals surface area contributed by atoms with Crippen LogP contribution >= 0.6 is 0 Å². The number of carbonyl (C=O) groups excluding carboxylic acids is 1. The molecule has 1 fully saturated rings. The highest BCUT2D eigenvalue weighted by molar-refractivity contribution is 5.77. The molecular formula is C13H26N2O3. The van der Waals surface area contributed by atoms with Crippen LogP contribution in [0.3, 0.4) is 0 Å². The number of rotatable bonds is 8. The van der Waals surface area contributed by atoms with Crippen LogP contribution in [0.4, 0.5) is 0 Å². The highest BCUT2D eigenvalue weighted by Crippen LogP contribution is 2.29. The van der Waals surface area contributed by atoms with E-state index in [0.29, 0.717) is 31.7 Å². The van der Waals surface area contributed by atoms with Crippen molar-refractivity contribution in [2.45, 2.75) is 32.2 Å². The third-order valence-electron chi connectivity index (χ3n) is 3.64. The van der Waals surface area contributed by atoms with E-state index in [2.05, 4.69) is 0 Å². The van der Waals surface area contributed by atoms with E-state index in [1.807, 2.05) is 11.8 Å². The number of hydrogen-bond donors (Lipinski definition) is 1. The maximum absolute atomic E-state index is 12.1. The molecule has 0 aromatic carbocycles. The number of ether oxygens (including phenoxy) is 2. The van der Waals surface area contributed by atoms with Crippen LogP contribution in [-0.4, -0.2) is 56.9 Å². The van der Waals surface area contributed by atoms with Gasteiger partial charge in [-0.25, -0.2) is 0 Å². The van der Waals surface area contributed by atoms with Crippen molar-refractivity contribution in [3.63, 3.8) is 0 Å². The van der Waals surface area contributed by atoms with Gasteiger partial charge in [0.25, 0.3) is 0 Å². The molecule has 1 aliphatic rings. The first-order chi connectivity index (χ1) is 8.74. The lowest BCUT2D eigenvalue weighted by Gasteiger charge is -2.31. The molecule has 18 heavy (non-hydrogen) atoms. The lowest BCUT2D eigenvalue weighted by molar-refractivity contribution is -0.139. The van der Waals surface area contributed by atoms with Crippen molar-refractivity contribution in [3.05, 3.63) is 0 Å². The summed E-state index contributed by atoms with van der Waals surface area (Å²) < 4.78 is 10.2. The van der Waals surface area contributed by atoms with Gasteiger partial charge in [0.1, 0.15) is 6.61 Å². The molecule has 2 unspecified atom stereocenters. The van der Waals surface area contributed by atoms with Gasteiger partial charge < -0.3 is 20.1 Å². The highest BCUT2D eigenvalue weighted by atomic mass is 16.5. The number of methoxy groups -OCH3 is 1. The molecule has 0 heterocycles. The molecule has 2 N–H and O–H groups in total. The Labute approximate surface area is 110 Å². The van der Waals surface area contributed by atoms with Gasteiger partial charge in [-0.05, 0) is 32.2 Å². The number of nitrogens with zero attached hydrogens (tertiary/aromatic N) is 1. The van der Waals surface area contributed by atoms with Crippen LogP contribution in [0.1, 0.15) is 26.2 Å². The van der Waals surface area contributed by atoms with Gasteiger partial charge >= 0.3 is 0 Å². The summed E-state index contributed by atoms with van der Waals surface area (Å²) in [7, 11) is 1.62. The predicted molar refractivity (Wildman–Crippen MR) is 70.3 cm³/mol. The number of nitrogens with two attached hydrogens (primary N) is 1. The Morgan fingerprint density at radius 2 is 2.17 bits per heavy atom. The Morgan fingerprint density at radius 3 is 2.78 bits per heavy atom. The molecule has 1 saturated carbocycles. The van der Waals surface area contributed by atoms with Gasteiger partial charge in [-0.15, -0.1) is 0 Å². The number of carbonyl (C=O) groups is 1. The third kappa shape index (κ3) is 4.23. The second-order valence-electron chi connectivity index (χ2n) is 4.72. The van der Waals surface area contributed by atoms with Gasteiger partial charge in [-0.2, -0.15) is 0 Å². The lowest BCUT2D eigenvalue weighted by atomic mass is 10.0. The van der Waals surface area contributed by atoms with E-state index < -0.39 is 0 Å². The first kappa shape index (κ1) is 15.4. The molecule has 106 valence electrons. The molecule has 5 heteroatoms. The topological polar surface area (TPSA) is 64.8 Å². The van der Waals surface area contributed by atoms with E-state index >= 15 is 0 Å². The molecule has 0 spiro atoms. The summed E-state index contributed by atoms with van der Waals surface area (Å²) in [4.78, 5) is 14.0. The first-order valence-corrected chi connectivity index (χ1v) is 6.80. The van der Waals surface area contributed by atoms with Crippen molar-refractivity contribution in [2.75, 3.05) is 40.0 Å². The second kappa shape index (κ2) is 8.45. The Hall–Kier alpha value is -0.650. The van der Waals surface area contributed by atoms with Crippen LogP contribution in [0.5, 0.6) is 0 Å². The molecule has 0 aliphatic heterocycles. The Balaban J connectivity index is 2.41. The zero-order chi connectivity index (χ0) is 13.4. The molecule has 2 atom stereocenters. The first-order valence-electron chi connectivity index (χ1n) is 6.80. The standard InChI is InChI=1S/C13H26N2O3/c1-3-15(12-6-4-5-11(12)9-14)13(16)10-18-8-7-17-2/h11-12H,3-10,14H2,1-2H3. The van der Waals surface area contributed by atoms with Gasteiger partial charge in [-0.1, -0.05) is 6.42 Å². The van der Waals surface area contributed by atoms with Crippen LogP contribution in [0.25, 0.3) is 0 Å². The molecule has 1 amide bonds. The van der Waals surface area contributed by atoms with Gasteiger partial charge in [-0.3, -0.25) is 4.79 Å². The zero-order valence-corrected chi connectivity index (χ0v) is 11.6. The van der Waals surface area contributed by atoms with Crippen molar-refractivity contribution in [1.29, 1.82) is 0 Å². The van der Waals surface area contributed by atoms with E-state index in [0.717, 1.165) is 19.4 Å². The van der Waals surface area contributed by atoms with E-state index in [9.17, 15) is 4.79 Å². The van der Waals surface area contributed by atoms with Gasteiger partial charge in [0, 0.05) is 19.7 Å². The third-order valence-corrected chi connectivity index (χ3v) is 3.64. The van der Waals surface area contributed by atoms with Crippen molar-refractivity contribution < 1.29 is 14.3 Å². The largest absolute Gasteiger partial charge is 0.382 e.